The maximum Gasteiger partial charge on any atom is 0.243 e. The molecule has 0 saturated heterocycles. The molecule has 118 valence electrons. The lowest BCUT2D eigenvalue weighted by Crippen LogP contribution is -2.42. The quantitative estimate of drug-likeness (QED) is 0.933. The van der Waals surface area contributed by atoms with E-state index in [1.54, 1.807) is 11.4 Å². The van der Waals surface area contributed by atoms with Crippen molar-refractivity contribution in [3.8, 4) is 0 Å². The van der Waals surface area contributed by atoms with Crippen molar-refractivity contribution in [3.63, 3.8) is 0 Å². The van der Waals surface area contributed by atoms with Crippen molar-refractivity contribution in [2.75, 3.05) is 7.05 Å². The average Bonchev–Trinajstić information content (AvgIpc) is 2.37. The Morgan fingerprint density at radius 3 is 2.00 bits per heavy atom. The van der Waals surface area contributed by atoms with Crippen molar-refractivity contribution in [3.05, 3.63) is 28.8 Å². The van der Waals surface area contributed by atoms with Crippen LogP contribution in [0.1, 0.15) is 42.4 Å². The number of sulfonamides is 1. The molecular formula is C16H26N2O2S. The Hall–Kier alpha value is -0.910. The molecule has 0 aromatic heterocycles. The Bertz CT molecular complexity index is 594. The van der Waals surface area contributed by atoms with Gasteiger partial charge in [0.25, 0.3) is 0 Å². The topological polar surface area (TPSA) is 63.4 Å². The van der Waals surface area contributed by atoms with Gasteiger partial charge in [0.05, 0.1) is 4.90 Å². The van der Waals surface area contributed by atoms with Gasteiger partial charge in [-0.2, -0.15) is 4.31 Å². The first-order valence-electron chi connectivity index (χ1n) is 7.55. The van der Waals surface area contributed by atoms with E-state index in [9.17, 15) is 8.42 Å². The summed E-state index contributed by atoms with van der Waals surface area (Å²) in [4.78, 5) is 0.463. The van der Waals surface area contributed by atoms with Crippen LogP contribution in [-0.4, -0.2) is 31.9 Å². The van der Waals surface area contributed by atoms with Gasteiger partial charge in [-0.05, 0) is 57.6 Å². The van der Waals surface area contributed by atoms with Gasteiger partial charge >= 0.3 is 0 Å². The molecule has 1 aliphatic carbocycles. The molecule has 2 N–H and O–H groups in total. The van der Waals surface area contributed by atoms with Crippen molar-refractivity contribution < 1.29 is 8.42 Å². The summed E-state index contributed by atoms with van der Waals surface area (Å²) >= 11 is 0. The SMILES string of the molecule is Cc1cc(C)c(S(=O)(=O)N(C)C2CCC(N)CC2)c(C)c1. The first-order chi connectivity index (χ1) is 9.73. The van der Waals surface area contributed by atoms with Gasteiger partial charge in [-0.3, -0.25) is 0 Å². The zero-order valence-electron chi connectivity index (χ0n) is 13.4. The zero-order valence-corrected chi connectivity index (χ0v) is 14.2. The van der Waals surface area contributed by atoms with Gasteiger partial charge in [0, 0.05) is 19.1 Å². The molecule has 1 aromatic rings. The molecule has 0 bridgehead atoms. The third-order valence-electron chi connectivity index (χ3n) is 4.50. The number of hydrogen-bond donors (Lipinski definition) is 1. The van der Waals surface area contributed by atoms with Crippen LogP contribution in [0.15, 0.2) is 17.0 Å². The van der Waals surface area contributed by atoms with Crippen LogP contribution in [0.4, 0.5) is 0 Å². The predicted molar refractivity (Wildman–Crippen MR) is 85.8 cm³/mol. The molecule has 0 unspecified atom stereocenters. The highest BCUT2D eigenvalue weighted by atomic mass is 32.2. The Kier molecular flexibility index (Phi) is 4.76. The Morgan fingerprint density at radius 1 is 1.05 bits per heavy atom. The summed E-state index contributed by atoms with van der Waals surface area (Å²) in [6, 6.07) is 4.16. The van der Waals surface area contributed by atoms with Gasteiger partial charge in [0.15, 0.2) is 0 Å². The van der Waals surface area contributed by atoms with Crippen LogP contribution in [0.3, 0.4) is 0 Å². The highest BCUT2D eigenvalue weighted by Crippen LogP contribution is 2.29. The summed E-state index contributed by atoms with van der Waals surface area (Å²) in [5, 5.41) is 0. The lowest BCUT2D eigenvalue weighted by Gasteiger charge is -2.33. The molecule has 0 atom stereocenters. The second-order valence-electron chi connectivity index (χ2n) is 6.32. The largest absolute Gasteiger partial charge is 0.328 e. The van der Waals surface area contributed by atoms with Crippen LogP contribution in [0.2, 0.25) is 0 Å². The monoisotopic (exact) mass is 310 g/mol. The molecule has 0 amide bonds. The molecular weight excluding hydrogens is 284 g/mol. The molecule has 4 nitrogen and oxygen atoms in total. The number of hydrogen-bond acceptors (Lipinski definition) is 3. The summed E-state index contributed by atoms with van der Waals surface area (Å²) in [7, 11) is -1.74. The Labute approximate surface area is 128 Å². The molecule has 1 saturated carbocycles. The van der Waals surface area contributed by atoms with E-state index in [2.05, 4.69) is 0 Å². The van der Waals surface area contributed by atoms with Crippen molar-refractivity contribution in [1.29, 1.82) is 0 Å². The molecule has 2 rings (SSSR count). The van der Waals surface area contributed by atoms with Gasteiger partial charge in [-0.1, -0.05) is 17.7 Å². The Balaban J connectivity index is 2.34. The van der Waals surface area contributed by atoms with Crippen LogP contribution in [0, 0.1) is 20.8 Å². The minimum absolute atomic E-state index is 0.0647. The Morgan fingerprint density at radius 2 is 1.52 bits per heavy atom. The first kappa shape index (κ1) is 16.5. The minimum atomic E-state index is -3.44. The molecule has 1 aliphatic rings. The number of benzene rings is 1. The number of nitrogens with zero attached hydrogens (tertiary/aromatic N) is 1. The van der Waals surface area contributed by atoms with Crippen LogP contribution < -0.4 is 5.73 Å². The predicted octanol–water partition coefficient (Wildman–Crippen LogP) is 2.50. The third kappa shape index (κ3) is 3.30. The lowest BCUT2D eigenvalue weighted by molar-refractivity contribution is 0.268. The fourth-order valence-corrected chi connectivity index (χ4v) is 5.20. The van der Waals surface area contributed by atoms with Gasteiger partial charge in [0.1, 0.15) is 0 Å². The van der Waals surface area contributed by atoms with E-state index >= 15 is 0 Å². The van der Waals surface area contributed by atoms with E-state index in [-0.39, 0.29) is 12.1 Å². The van der Waals surface area contributed by atoms with Crippen LogP contribution in [0.25, 0.3) is 0 Å². The van der Waals surface area contributed by atoms with Gasteiger partial charge in [-0.25, -0.2) is 8.42 Å². The fraction of sp³-hybridized carbons (Fsp3) is 0.625. The average molecular weight is 310 g/mol. The van der Waals surface area contributed by atoms with Crippen LogP contribution in [0.5, 0.6) is 0 Å². The van der Waals surface area contributed by atoms with E-state index in [0.717, 1.165) is 42.4 Å². The summed E-state index contributed by atoms with van der Waals surface area (Å²) in [5.41, 5.74) is 8.66. The normalized spacial score (nSPS) is 23.5. The van der Waals surface area contributed by atoms with Gasteiger partial charge in [0.2, 0.25) is 10.0 Å². The maximum atomic E-state index is 13.0. The van der Waals surface area contributed by atoms with Gasteiger partial charge < -0.3 is 5.73 Å². The second kappa shape index (κ2) is 6.07. The van der Waals surface area contributed by atoms with Crippen molar-refractivity contribution in [2.24, 2.45) is 5.73 Å². The van der Waals surface area contributed by atoms with Crippen molar-refractivity contribution in [1.82, 2.24) is 4.31 Å². The standard InChI is InChI=1S/C16H26N2O2S/c1-11-9-12(2)16(13(3)10-11)21(19,20)18(4)15-7-5-14(17)6-8-15/h9-10,14-15H,5-8,17H2,1-4H3. The van der Waals surface area contributed by atoms with E-state index in [1.807, 2.05) is 32.9 Å². The lowest BCUT2D eigenvalue weighted by atomic mass is 9.92. The van der Waals surface area contributed by atoms with Crippen LogP contribution >= 0.6 is 0 Å². The summed E-state index contributed by atoms with van der Waals surface area (Å²) in [6.45, 7) is 5.73. The van der Waals surface area contributed by atoms with E-state index < -0.39 is 10.0 Å². The number of nitrogens with two attached hydrogens (primary N) is 1. The molecule has 1 fully saturated rings. The summed E-state index contributed by atoms with van der Waals surface area (Å²) < 4.78 is 27.5. The van der Waals surface area contributed by atoms with E-state index in [4.69, 9.17) is 5.73 Å². The molecule has 1 aromatic carbocycles. The molecule has 0 heterocycles. The molecule has 0 spiro atoms. The number of aryl methyl sites for hydroxylation is 3. The second-order valence-corrected chi connectivity index (χ2v) is 8.25. The third-order valence-corrected chi connectivity index (χ3v) is 6.71. The van der Waals surface area contributed by atoms with Crippen molar-refractivity contribution in [2.45, 2.75) is 63.4 Å². The van der Waals surface area contributed by atoms with Crippen molar-refractivity contribution >= 4 is 10.0 Å². The van der Waals surface area contributed by atoms with E-state index in [1.165, 1.54) is 0 Å². The number of rotatable bonds is 3. The molecule has 0 aliphatic heterocycles. The molecule has 21 heavy (non-hydrogen) atoms. The molecule has 5 heteroatoms. The first-order valence-corrected chi connectivity index (χ1v) is 8.99. The minimum Gasteiger partial charge on any atom is -0.328 e. The summed E-state index contributed by atoms with van der Waals surface area (Å²) in [6.07, 6.45) is 3.49. The fourth-order valence-electron chi connectivity index (χ4n) is 3.38. The smallest absolute Gasteiger partial charge is 0.243 e. The highest BCUT2D eigenvalue weighted by Gasteiger charge is 2.32. The maximum absolute atomic E-state index is 13.0. The summed E-state index contributed by atoms with van der Waals surface area (Å²) in [5.74, 6) is 0. The zero-order chi connectivity index (χ0) is 15.8. The van der Waals surface area contributed by atoms with Gasteiger partial charge in [-0.15, -0.1) is 0 Å². The molecule has 0 radical (unpaired) electrons. The van der Waals surface area contributed by atoms with E-state index in [0.29, 0.717) is 4.90 Å². The highest BCUT2D eigenvalue weighted by molar-refractivity contribution is 7.89. The van der Waals surface area contributed by atoms with Crippen LogP contribution in [-0.2, 0) is 10.0 Å².